The number of rotatable bonds is 7. The second kappa shape index (κ2) is 9.82. The van der Waals surface area contributed by atoms with Gasteiger partial charge in [0.15, 0.2) is 0 Å². The van der Waals surface area contributed by atoms with Crippen LogP contribution in [0.15, 0.2) is 54.7 Å². The highest BCUT2D eigenvalue weighted by Crippen LogP contribution is 2.36. The van der Waals surface area contributed by atoms with Crippen LogP contribution in [-0.2, 0) is 24.2 Å². The lowest BCUT2D eigenvalue weighted by molar-refractivity contribution is 0.0639. The summed E-state index contributed by atoms with van der Waals surface area (Å²) in [7, 11) is 3.15. The number of fused-ring (bicyclic) bond motifs is 1. The van der Waals surface area contributed by atoms with Crippen LogP contribution in [0, 0.1) is 0 Å². The SMILES string of the molecule is COc1ccc(C(=O)N(C2CC2)C2CCc3nn(C(=O)OCc4ccccc4)cc3C2)c(OC)c1. The van der Waals surface area contributed by atoms with E-state index < -0.39 is 6.09 Å². The summed E-state index contributed by atoms with van der Waals surface area (Å²) < 4.78 is 17.5. The summed E-state index contributed by atoms with van der Waals surface area (Å²) >= 11 is 0. The van der Waals surface area contributed by atoms with Gasteiger partial charge in [0.05, 0.1) is 25.5 Å². The lowest BCUT2D eigenvalue weighted by Crippen LogP contribution is -2.45. The molecule has 0 aliphatic heterocycles. The minimum absolute atomic E-state index is 0.0323. The summed E-state index contributed by atoms with van der Waals surface area (Å²) in [4.78, 5) is 28.2. The third kappa shape index (κ3) is 4.87. The third-order valence-corrected chi connectivity index (χ3v) is 6.65. The van der Waals surface area contributed by atoms with Gasteiger partial charge in [-0.25, -0.2) is 4.79 Å². The van der Waals surface area contributed by atoms with Crippen molar-refractivity contribution >= 4 is 12.0 Å². The highest BCUT2D eigenvalue weighted by atomic mass is 16.6. The molecular formula is C27H29N3O5. The average Bonchev–Trinajstić information content (AvgIpc) is 3.64. The Morgan fingerprint density at radius 1 is 1.03 bits per heavy atom. The van der Waals surface area contributed by atoms with Gasteiger partial charge in [0.2, 0.25) is 0 Å². The van der Waals surface area contributed by atoms with Crippen molar-refractivity contribution in [1.29, 1.82) is 0 Å². The zero-order chi connectivity index (χ0) is 24.4. The highest BCUT2D eigenvalue weighted by molar-refractivity contribution is 5.97. The van der Waals surface area contributed by atoms with Crippen LogP contribution in [0.3, 0.4) is 0 Å². The van der Waals surface area contributed by atoms with Crippen LogP contribution >= 0.6 is 0 Å². The van der Waals surface area contributed by atoms with Gasteiger partial charge in [0, 0.05) is 24.3 Å². The zero-order valence-corrected chi connectivity index (χ0v) is 20.0. The number of aromatic nitrogens is 2. The Bertz CT molecular complexity index is 1220. The van der Waals surface area contributed by atoms with Crippen molar-refractivity contribution in [2.75, 3.05) is 14.2 Å². The van der Waals surface area contributed by atoms with E-state index in [-0.39, 0.29) is 24.6 Å². The highest BCUT2D eigenvalue weighted by Gasteiger charge is 2.40. The smallest absolute Gasteiger partial charge is 0.435 e. The van der Waals surface area contributed by atoms with E-state index in [1.165, 1.54) is 4.68 Å². The standard InChI is InChI=1S/C27H29N3O5/c1-33-22-11-12-23(25(15-22)34-2)26(31)30(20-8-9-20)21-10-13-24-19(14-21)16-29(28-24)27(32)35-17-18-6-4-3-5-7-18/h3-7,11-12,15-16,20-21H,8-10,13-14,17H2,1-2H3. The van der Waals surface area contributed by atoms with Crippen LogP contribution in [-0.4, -0.2) is 53.0 Å². The maximum absolute atomic E-state index is 13.7. The molecule has 5 rings (SSSR count). The first-order valence-corrected chi connectivity index (χ1v) is 11.9. The average molecular weight is 476 g/mol. The first kappa shape index (κ1) is 23.0. The second-order valence-corrected chi connectivity index (χ2v) is 8.99. The molecule has 1 aromatic heterocycles. The quantitative estimate of drug-likeness (QED) is 0.508. The van der Waals surface area contributed by atoms with Crippen LogP contribution in [0.5, 0.6) is 11.5 Å². The van der Waals surface area contributed by atoms with Crippen molar-refractivity contribution in [1.82, 2.24) is 14.7 Å². The molecule has 1 amide bonds. The topological polar surface area (TPSA) is 82.9 Å². The molecule has 0 radical (unpaired) electrons. The maximum Gasteiger partial charge on any atom is 0.435 e. The Balaban J connectivity index is 1.31. The fraction of sp³-hybridized carbons (Fsp3) is 0.370. The van der Waals surface area contributed by atoms with Crippen molar-refractivity contribution < 1.29 is 23.8 Å². The number of hydrogen-bond donors (Lipinski definition) is 0. The van der Waals surface area contributed by atoms with E-state index in [0.717, 1.165) is 36.1 Å². The molecule has 2 aromatic carbocycles. The van der Waals surface area contributed by atoms with Gasteiger partial charge in [-0.1, -0.05) is 30.3 Å². The van der Waals surface area contributed by atoms with Crippen LogP contribution in [0.1, 0.15) is 46.4 Å². The number of benzene rings is 2. The summed E-state index contributed by atoms with van der Waals surface area (Å²) in [6, 6.07) is 15.1. The largest absolute Gasteiger partial charge is 0.497 e. The molecule has 1 heterocycles. The molecule has 35 heavy (non-hydrogen) atoms. The molecule has 1 unspecified atom stereocenters. The molecule has 8 nitrogen and oxygen atoms in total. The lowest BCUT2D eigenvalue weighted by Gasteiger charge is -2.34. The number of nitrogens with zero attached hydrogens (tertiary/aromatic N) is 3. The minimum Gasteiger partial charge on any atom is -0.497 e. The van der Waals surface area contributed by atoms with Crippen LogP contribution in [0.2, 0.25) is 0 Å². The number of carbonyl (C=O) groups is 2. The number of methoxy groups -OCH3 is 2. The van der Waals surface area contributed by atoms with Gasteiger partial charge in [0.25, 0.3) is 5.91 Å². The third-order valence-electron chi connectivity index (χ3n) is 6.65. The van der Waals surface area contributed by atoms with Gasteiger partial charge in [-0.15, -0.1) is 0 Å². The summed E-state index contributed by atoms with van der Waals surface area (Å²) in [5.74, 6) is 1.12. The molecule has 2 aliphatic carbocycles. The van der Waals surface area contributed by atoms with Crippen molar-refractivity contribution in [3.63, 3.8) is 0 Å². The van der Waals surface area contributed by atoms with Gasteiger partial charge in [-0.2, -0.15) is 9.78 Å². The summed E-state index contributed by atoms with van der Waals surface area (Å²) in [5.41, 5.74) is 3.33. The fourth-order valence-electron chi connectivity index (χ4n) is 4.70. The van der Waals surface area contributed by atoms with Gasteiger partial charge in [0.1, 0.15) is 18.1 Å². The molecule has 0 spiro atoms. The molecule has 8 heteroatoms. The molecule has 3 aromatic rings. The Kier molecular flexibility index (Phi) is 6.44. The predicted octanol–water partition coefficient (Wildman–Crippen LogP) is 4.25. The summed E-state index contributed by atoms with van der Waals surface area (Å²) in [5, 5.41) is 4.47. The van der Waals surface area contributed by atoms with Crippen LogP contribution in [0.25, 0.3) is 0 Å². The summed E-state index contributed by atoms with van der Waals surface area (Å²) in [6.45, 7) is 0.195. The number of ether oxygens (including phenoxy) is 3. The van der Waals surface area contributed by atoms with E-state index in [0.29, 0.717) is 29.9 Å². The van der Waals surface area contributed by atoms with Crippen molar-refractivity contribution in [3.05, 3.63) is 77.1 Å². The Labute approximate surface area is 204 Å². The van der Waals surface area contributed by atoms with Crippen molar-refractivity contribution in [2.45, 2.75) is 50.8 Å². The van der Waals surface area contributed by atoms with Gasteiger partial charge < -0.3 is 19.1 Å². The molecule has 1 saturated carbocycles. The van der Waals surface area contributed by atoms with E-state index in [4.69, 9.17) is 14.2 Å². The van der Waals surface area contributed by atoms with E-state index in [9.17, 15) is 9.59 Å². The first-order valence-electron chi connectivity index (χ1n) is 11.9. The molecule has 182 valence electrons. The van der Waals surface area contributed by atoms with Crippen molar-refractivity contribution in [3.8, 4) is 11.5 Å². The fourth-order valence-corrected chi connectivity index (χ4v) is 4.70. The second-order valence-electron chi connectivity index (χ2n) is 8.99. The Morgan fingerprint density at radius 2 is 1.83 bits per heavy atom. The van der Waals surface area contributed by atoms with E-state index >= 15 is 0 Å². The molecule has 1 fully saturated rings. The number of amides is 1. The molecule has 0 N–H and O–H groups in total. The zero-order valence-electron chi connectivity index (χ0n) is 20.0. The molecule has 0 saturated heterocycles. The van der Waals surface area contributed by atoms with E-state index in [2.05, 4.69) is 5.10 Å². The van der Waals surface area contributed by atoms with Crippen LogP contribution < -0.4 is 9.47 Å². The van der Waals surface area contributed by atoms with E-state index in [1.54, 1.807) is 38.6 Å². The van der Waals surface area contributed by atoms with Gasteiger partial charge in [-0.3, -0.25) is 4.79 Å². The van der Waals surface area contributed by atoms with Gasteiger partial charge >= 0.3 is 6.09 Å². The normalized spacial score (nSPS) is 16.8. The predicted molar refractivity (Wildman–Crippen MR) is 129 cm³/mol. The van der Waals surface area contributed by atoms with Crippen molar-refractivity contribution in [2.24, 2.45) is 0 Å². The molecular weight excluding hydrogens is 446 g/mol. The maximum atomic E-state index is 13.7. The monoisotopic (exact) mass is 475 g/mol. The Morgan fingerprint density at radius 3 is 2.54 bits per heavy atom. The Hall–Kier alpha value is -3.81. The van der Waals surface area contributed by atoms with E-state index in [1.807, 2.05) is 35.2 Å². The van der Waals surface area contributed by atoms with Gasteiger partial charge in [-0.05, 0) is 55.4 Å². The molecule has 0 bridgehead atoms. The molecule has 2 aliphatic rings. The number of aryl methyl sites for hydroxylation is 1. The van der Waals surface area contributed by atoms with Crippen LogP contribution in [0.4, 0.5) is 4.79 Å². The molecule has 1 atom stereocenters. The lowest BCUT2D eigenvalue weighted by atomic mass is 9.91. The number of hydrogen-bond acceptors (Lipinski definition) is 6. The number of carbonyl (C=O) groups excluding carboxylic acids is 2. The first-order chi connectivity index (χ1) is 17.1. The minimum atomic E-state index is -0.502. The summed E-state index contributed by atoms with van der Waals surface area (Å²) in [6.07, 6.45) is 5.40.